The average molecular weight is 351 g/mol. The van der Waals surface area contributed by atoms with Crippen LogP contribution in [-0.4, -0.2) is 16.5 Å². The van der Waals surface area contributed by atoms with E-state index in [1.165, 1.54) is 17.1 Å². The van der Waals surface area contributed by atoms with Crippen LogP contribution in [0.15, 0.2) is 57.6 Å². The van der Waals surface area contributed by atoms with Crippen molar-refractivity contribution in [1.29, 1.82) is 0 Å². The molecule has 0 radical (unpaired) electrons. The molecule has 0 bridgehead atoms. The van der Waals surface area contributed by atoms with Crippen molar-refractivity contribution < 1.29 is 14.1 Å². The Morgan fingerprint density at radius 1 is 1.15 bits per heavy atom. The number of hydrogen-bond acceptors (Lipinski definition) is 5. The number of hydrazone groups is 1. The van der Waals surface area contributed by atoms with Gasteiger partial charge in [0.05, 0.1) is 23.0 Å². The first-order valence-electron chi connectivity index (χ1n) is 7.96. The van der Waals surface area contributed by atoms with Crippen LogP contribution in [0.3, 0.4) is 0 Å². The third-order valence-corrected chi connectivity index (χ3v) is 4.11. The Morgan fingerprint density at radius 3 is 2.58 bits per heavy atom. The van der Waals surface area contributed by atoms with Crippen LogP contribution in [0.4, 0.5) is 11.6 Å². The van der Waals surface area contributed by atoms with Gasteiger partial charge in [0.2, 0.25) is 0 Å². The zero-order valence-corrected chi connectivity index (χ0v) is 14.6. The molecule has 1 aliphatic heterocycles. The summed E-state index contributed by atoms with van der Waals surface area (Å²) in [6.07, 6.45) is 4.79. The van der Waals surface area contributed by atoms with E-state index in [1.54, 1.807) is 25.2 Å². The molecule has 3 rings (SSSR count). The molecule has 1 aromatic carbocycles. The summed E-state index contributed by atoms with van der Waals surface area (Å²) in [5, 5.41) is 16.3. The number of allylic oxidation sites excluding steroid dienone is 2. The third kappa shape index (κ3) is 3.32. The van der Waals surface area contributed by atoms with E-state index < -0.39 is 4.92 Å². The summed E-state index contributed by atoms with van der Waals surface area (Å²) in [6.45, 7) is 5.75. The van der Waals surface area contributed by atoms with Crippen LogP contribution < -0.4 is 5.01 Å². The van der Waals surface area contributed by atoms with Gasteiger partial charge in [0, 0.05) is 0 Å². The molecule has 0 saturated carbocycles. The first-order chi connectivity index (χ1) is 12.4. The number of aryl methyl sites for hydroxylation is 2. The van der Waals surface area contributed by atoms with E-state index >= 15 is 0 Å². The molecule has 0 saturated heterocycles. The van der Waals surface area contributed by atoms with Crippen LogP contribution in [0, 0.1) is 24.0 Å². The standard InChI is InChI=1S/C19H17N3O4/c1-12-7-8-15(11-13(12)2)21-19(23)17(14(3)20-21)6-4-5-16-9-10-18(26-16)22(24)25/h4-11H,1-3H3. The predicted octanol–water partition coefficient (Wildman–Crippen LogP) is 4.17. The average Bonchev–Trinajstić information content (AvgIpc) is 3.17. The summed E-state index contributed by atoms with van der Waals surface area (Å²) in [5.41, 5.74) is 4.00. The zero-order valence-electron chi connectivity index (χ0n) is 14.6. The van der Waals surface area contributed by atoms with Gasteiger partial charge in [-0.1, -0.05) is 12.1 Å². The molecule has 0 fully saturated rings. The van der Waals surface area contributed by atoms with E-state index in [4.69, 9.17) is 4.42 Å². The van der Waals surface area contributed by atoms with Crippen molar-refractivity contribution in [3.8, 4) is 0 Å². The molecule has 7 heteroatoms. The smallest absolute Gasteiger partial charge is 0.401 e. The number of rotatable bonds is 4. The fourth-order valence-electron chi connectivity index (χ4n) is 2.51. The van der Waals surface area contributed by atoms with Crippen LogP contribution in [0.5, 0.6) is 0 Å². The van der Waals surface area contributed by atoms with Crippen LogP contribution in [0.2, 0.25) is 0 Å². The summed E-state index contributed by atoms with van der Waals surface area (Å²) in [4.78, 5) is 22.7. The van der Waals surface area contributed by atoms with Crippen LogP contribution >= 0.6 is 0 Å². The Balaban J connectivity index is 1.80. The van der Waals surface area contributed by atoms with Crippen molar-refractivity contribution in [1.82, 2.24) is 0 Å². The quantitative estimate of drug-likeness (QED) is 0.470. The Hall–Kier alpha value is -3.48. The molecule has 1 aromatic heterocycles. The first-order valence-corrected chi connectivity index (χ1v) is 7.96. The minimum absolute atomic E-state index is 0.221. The maximum Gasteiger partial charge on any atom is 0.433 e. The summed E-state index contributed by atoms with van der Waals surface area (Å²) >= 11 is 0. The van der Waals surface area contributed by atoms with Crippen LogP contribution in [-0.2, 0) is 4.79 Å². The first kappa shape index (κ1) is 17.3. The highest BCUT2D eigenvalue weighted by Gasteiger charge is 2.28. The van der Waals surface area contributed by atoms with Gasteiger partial charge in [0.1, 0.15) is 10.7 Å². The maximum atomic E-state index is 12.6. The summed E-state index contributed by atoms with van der Waals surface area (Å²) in [5.74, 6) is -0.215. The Morgan fingerprint density at radius 2 is 1.92 bits per heavy atom. The van der Waals surface area contributed by atoms with E-state index in [1.807, 2.05) is 32.0 Å². The highest BCUT2D eigenvalue weighted by Crippen LogP contribution is 2.25. The van der Waals surface area contributed by atoms with E-state index in [-0.39, 0.29) is 11.8 Å². The number of hydrogen-bond donors (Lipinski definition) is 0. The highest BCUT2D eigenvalue weighted by molar-refractivity contribution is 6.29. The molecular formula is C19H17N3O4. The summed E-state index contributed by atoms with van der Waals surface area (Å²) in [7, 11) is 0. The van der Waals surface area contributed by atoms with E-state index in [0.29, 0.717) is 22.7 Å². The van der Waals surface area contributed by atoms with Gasteiger partial charge in [-0.3, -0.25) is 14.9 Å². The SMILES string of the molecule is CC1=NN(c2ccc(C)c(C)c2)C(=O)C1=CC=Cc1ccc([N+](=O)[O-])o1. The number of anilines is 1. The Bertz CT molecular complexity index is 982. The monoisotopic (exact) mass is 351 g/mol. The van der Waals surface area contributed by atoms with Gasteiger partial charge in [-0.25, -0.2) is 0 Å². The topological polar surface area (TPSA) is 89.0 Å². The van der Waals surface area contributed by atoms with E-state index in [0.717, 1.165) is 11.1 Å². The number of carbonyl (C=O) groups is 1. The summed E-state index contributed by atoms with van der Waals surface area (Å²) in [6, 6.07) is 8.50. The van der Waals surface area contributed by atoms with Crippen molar-refractivity contribution >= 4 is 29.3 Å². The van der Waals surface area contributed by atoms with Crippen LogP contribution in [0.25, 0.3) is 6.08 Å². The lowest BCUT2D eigenvalue weighted by molar-refractivity contribution is -0.402. The molecule has 0 N–H and O–H groups in total. The Kier molecular flexibility index (Phi) is 4.53. The van der Waals surface area contributed by atoms with Crippen molar-refractivity contribution in [3.05, 3.63) is 75.1 Å². The minimum Gasteiger partial charge on any atom is -0.401 e. The van der Waals surface area contributed by atoms with Crippen molar-refractivity contribution in [3.63, 3.8) is 0 Å². The second kappa shape index (κ2) is 6.79. The van der Waals surface area contributed by atoms with Gasteiger partial charge < -0.3 is 4.42 Å². The third-order valence-electron chi connectivity index (χ3n) is 4.11. The zero-order chi connectivity index (χ0) is 18.8. The second-order valence-electron chi connectivity index (χ2n) is 5.94. The largest absolute Gasteiger partial charge is 0.433 e. The predicted molar refractivity (Wildman–Crippen MR) is 99.0 cm³/mol. The van der Waals surface area contributed by atoms with Gasteiger partial charge in [-0.15, -0.1) is 0 Å². The molecule has 26 heavy (non-hydrogen) atoms. The fourth-order valence-corrected chi connectivity index (χ4v) is 2.51. The second-order valence-corrected chi connectivity index (χ2v) is 5.94. The molecule has 2 aromatic rings. The molecule has 1 aliphatic rings. The van der Waals surface area contributed by atoms with Gasteiger partial charge in [-0.05, 0) is 62.2 Å². The summed E-state index contributed by atoms with van der Waals surface area (Å²) < 4.78 is 5.04. The normalized spacial score (nSPS) is 16.0. The molecule has 0 atom stereocenters. The molecule has 0 unspecified atom stereocenters. The molecule has 1 amide bonds. The lowest BCUT2D eigenvalue weighted by Gasteiger charge is -2.13. The number of nitrogens with zero attached hydrogens (tertiary/aromatic N) is 3. The molecule has 2 heterocycles. The number of amides is 1. The van der Waals surface area contributed by atoms with Gasteiger partial charge in [0.25, 0.3) is 5.91 Å². The van der Waals surface area contributed by atoms with Gasteiger partial charge in [0.15, 0.2) is 0 Å². The number of furan rings is 1. The molecule has 132 valence electrons. The lowest BCUT2D eigenvalue weighted by atomic mass is 10.1. The van der Waals surface area contributed by atoms with Crippen molar-refractivity contribution in [2.45, 2.75) is 20.8 Å². The van der Waals surface area contributed by atoms with Crippen LogP contribution in [0.1, 0.15) is 23.8 Å². The number of carbonyl (C=O) groups excluding carboxylic acids is 1. The Labute approximate surface area is 150 Å². The number of benzene rings is 1. The molecule has 0 aliphatic carbocycles. The molecular weight excluding hydrogens is 334 g/mol. The van der Waals surface area contributed by atoms with Gasteiger partial charge >= 0.3 is 5.88 Å². The van der Waals surface area contributed by atoms with Crippen molar-refractivity contribution in [2.24, 2.45) is 5.10 Å². The minimum atomic E-state index is -0.603. The fraction of sp³-hybridized carbons (Fsp3) is 0.158. The lowest BCUT2D eigenvalue weighted by Crippen LogP contribution is -2.21. The van der Waals surface area contributed by atoms with Gasteiger partial charge in [-0.2, -0.15) is 10.1 Å². The molecule has 0 spiro atoms. The maximum absolute atomic E-state index is 12.6. The highest BCUT2D eigenvalue weighted by atomic mass is 16.6. The molecule has 7 nitrogen and oxygen atoms in total. The van der Waals surface area contributed by atoms with E-state index in [9.17, 15) is 14.9 Å². The number of nitro groups is 1. The van der Waals surface area contributed by atoms with E-state index in [2.05, 4.69) is 5.10 Å². The van der Waals surface area contributed by atoms with Crippen molar-refractivity contribution in [2.75, 3.05) is 5.01 Å².